The number of likely N-dealkylation sites (tertiary alicyclic amines) is 1. The third-order valence-corrected chi connectivity index (χ3v) is 8.41. The predicted octanol–water partition coefficient (Wildman–Crippen LogP) is 5.11. The number of hydrogen-bond acceptors (Lipinski definition) is 4. The van der Waals surface area contributed by atoms with Crippen molar-refractivity contribution in [1.82, 2.24) is 25.8 Å². The zero-order valence-corrected chi connectivity index (χ0v) is 26.6. The van der Waals surface area contributed by atoms with Crippen molar-refractivity contribution < 1.29 is 24.3 Å². The molecular weight excluding hydrogens is 602 g/mol. The number of amides is 4. The average molecular weight is 649 g/mol. The zero-order chi connectivity index (χ0) is 30.6. The number of aromatic amines is 1. The number of benzene rings is 1. The second kappa shape index (κ2) is 16.5. The van der Waals surface area contributed by atoms with Crippen LogP contribution in [0.5, 0.6) is 0 Å². The van der Waals surface area contributed by atoms with Crippen LogP contribution in [0.25, 0.3) is 10.9 Å². The minimum atomic E-state index is -1.12. The zero-order valence-electron chi connectivity index (χ0n) is 25.0. The molecule has 2 heterocycles. The van der Waals surface area contributed by atoms with E-state index in [0.717, 1.165) is 48.6 Å². The van der Waals surface area contributed by atoms with Gasteiger partial charge in [0, 0.05) is 30.4 Å². The number of carbonyl (C=O) groups excluding carboxylic acids is 3. The first kappa shape index (κ1) is 33.4. The van der Waals surface area contributed by atoms with Gasteiger partial charge in [0.25, 0.3) is 0 Å². The molecule has 0 radical (unpaired) electrons. The standard InChI is InChI=1S/C31H46BrN5O5/c1-4-5-14-24(30(40)41)34-29(39)26(19-22-21-13-9-10-15-23(21)33-27(22)32)35-28(38)25(18-20(2)3)36-31(42)37-16-11-7-6-8-12-17-37/h9-10,13,15,20,24-26,33H,4-8,11-12,14,16-19H2,1-3H3,(H,34,39)(H,35,38)(H,36,42)(H,40,41)/t24?,25?,26-/m1/s1. The molecule has 1 fully saturated rings. The van der Waals surface area contributed by atoms with Crippen LogP contribution in [0.1, 0.15) is 84.1 Å². The molecule has 2 aromatic rings. The summed E-state index contributed by atoms with van der Waals surface area (Å²) in [4.78, 5) is 57.5. The Morgan fingerprint density at radius 3 is 2.19 bits per heavy atom. The van der Waals surface area contributed by atoms with Crippen molar-refractivity contribution in [2.75, 3.05) is 13.1 Å². The number of hydrogen-bond donors (Lipinski definition) is 5. The van der Waals surface area contributed by atoms with Crippen molar-refractivity contribution in [3.05, 3.63) is 34.4 Å². The Kier molecular flexibility index (Phi) is 13.2. The number of fused-ring (bicyclic) bond motifs is 1. The molecular formula is C31H46BrN5O5. The lowest BCUT2D eigenvalue weighted by Crippen LogP contribution is -2.57. The molecule has 1 aromatic heterocycles. The van der Waals surface area contributed by atoms with Gasteiger partial charge in [-0.15, -0.1) is 0 Å². The number of rotatable bonds is 13. The van der Waals surface area contributed by atoms with Crippen LogP contribution in [-0.4, -0.2) is 70.0 Å². The highest BCUT2D eigenvalue weighted by molar-refractivity contribution is 9.10. The van der Waals surface area contributed by atoms with Gasteiger partial charge in [-0.2, -0.15) is 0 Å². The fourth-order valence-electron chi connectivity index (χ4n) is 5.38. The summed E-state index contributed by atoms with van der Waals surface area (Å²) in [7, 11) is 0. The predicted molar refractivity (Wildman–Crippen MR) is 167 cm³/mol. The first-order chi connectivity index (χ1) is 20.1. The van der Waals surface area contributed by atoms with Gasteiger partial charge in [0.2, 0.25) is 11.8 Å². The fourth-order valence-corrected chi connectivity index (χ4v) is 5.97. The third kappa shape index (κ3) is 9.74. The highest BCUT2D eigenvalue weighted by atomic mass is 79.9. The van der Waals surface area contributed by atoms with Crippen LogP contribution in [0.2, 0.25) is 0 Å². The summed E-state index contributed by atoms with van der Waals surface area (Å²) in [6, 6.07) is 4.38. The Morgan fingerprint density at radius 1 is 0.929 bits per heavy atom. The lowest BCUT2D eigenvalue weighted by atomic mass is 10.0. The van der Waals surface area contributed by atoms with E-state index in [1.165, 1.54) is 6.42 Å². The number of carbonyl (C=O) groups is 4. The Bertz CT molecular complexity index is 1210. The van der Waals surface area contributed by atoms with Gasteiger partial charge in [0.05, 0.1) is 4.60 Å². The number of urea groups is 1. The van der Waals surface area contributed by atoms with Crippen LogP contribution < -0.4 is 16.0 Å². The normalized spacial score (nSPS) is 16.3. The van der Waals surface area contributed by atoms with Crippen LogP contribution in [-0.2, 0) is 20.8 Å². The van der Waals surface area contributed by atoms with E-state index in [4.69, 9.17) is 0 Å². The highest BCUT2D eigenvalue weighted by Gasteiger charge is 2.32. The van der Waals surface area contributed by atoms with Crippen LogP contribution in [0, 0.1) is 5.92 Å². The molecule has 1 saturated heterocycles. The molecule has 1 aliphatic heterocycles. The maximum Gasteiger partial charge on any atom is 0.326 e. The van der Waals surface area contributed by atoms with E-state index in [1.807, 2.05) is 45.0 Å². The van der Waals surface area contributed by atoms with E-state index in [1.54, 1.807) is 4.90 Å². The molecule has 1 aliphatic rings. The molecule has 42 heavy (non-hydrogen) atoms. The van der Waals surface area contributed by atoms with E-state index in [0.29, 0.717) is 30.5 Å². The summed E-state index contributed by atoms with van der Waals surface area (Å²) in [5, 5.41) is 19.1. The second-order valence-corrected chi connectivity index (χ2v) is 12.4. The molecule has 5 N–H and O–H groups in total. The highest BCUT2D eigenvalue weighted by Crippen LogP contribution is 2.28. The topological polar surface area (TPSA) is 144 Å². The molecule has 0 spiro atoms. The molecule has 232 valence electrons. The number of aromatic nitrogens is 1. The van der Waals surface area contributed by atoms with E-state index in [9.17, 15) is 24.3 Å². The van der Waals surface area contributed by atoms with Crippen molar-refractivity contribution in [2.24, 2.45) is 5.92 Å². The number of halogens is 1. The Hall–Kier alpha value is -3.08. The lowest BCUT2D eigenvalue weighted by molar-refractivity contribution is -0.142. The maximum absolute atomic E-state index is 13.7. The smallest absolute Gasteiger partial charge is 0.326 e. The number of nitrogens with zero attached hydrogens (tertiary/aromatic N) is 1. The van der Waals surface area contributed by atoms with Gasteiger partial charge in [-0.25, -0.2) is 9.59 Å². The number of para-hydroxylation sites is 1. The molecule has 1 aromatic carbocycles. The van der Waals surface area contributed by atoms with Crippen LogP contribution in [0.15, 0.2) is 28.9 Å². The largest absolute Gasteiger partial charge is 0.480 e. The number of carboxylic acids is 1. The number of aliphatic carboxylic acids is 1. The number of carboxylic acid groups (broad SMARTS) is 1. The van der Waals surface area contributed by atoms with Crippen LogP contribution >= 0.6 is 15.9 Å². The molecule has 3 atom stereocenters. The molecule has 0 bridgehead atoms. The molecule has 3 rings (SSSR count). The average Bonchev–Trinajstić information content (AvgIpc) is 3.23. The summed E-state index contributed by atoms with van der Waals surface area (Å²) < 4.78 is 0.681. The lowest BCUT2D eigenvalue weighted by Gasteiger charge is -2.29. The first-order valence-corrected chi connectivity index (χ1v) is 16.0. The summed E-state index contributed by atoms with van der Waals surface area (Å²) in [5.41, 5.74) is 1.66. The molecule has 10 nitrogen and oxygen atoms in total. The monoisotopic (exact) mass is 647 g/mol. The number of nitrogens with one attached hydrogen (secondary N) is 4. The van der Waals surface area contributed by atoms with E-state index < -0.39 is 35.9 Å². The number of unbranched alkanes of at least 4 members (excludes halogenated alkanes) is 1. The Balaban J connectivity index is 1.85. The summed E-state index contributed by atoms with van der Waals surface area (Å²) in [5.74, 6) is -2.06. The van der Waals surface area contributed by atoms with E-state index >= 15 is 0 Å². The SMILES string of the molecule is CCCCC(NC(=O)[C@@H](Cc1c(Br)[nH]c2ccccc12)NC(=O)C(CC(C)C)NC(=O)N1CCCCCCC1)C(=O)O. The van der Waals surface area contributed by atoms with Crippen molar-refractivity contribution in [1.29, 1.82) is 0 Å². The summed E-state index contributed by atoms with van der Waals surface area (Å²) in [6.45, 7) is 7.20. The second-order valence-electron chi connectivity index (χ2n) is 11.7. The minimum Gasteiger partial charge on any atom is -0.480 e. The van der Waals surface area contributed by atoms with E-state index in [-0.39, 0.29) is 24.8 Å². The van der Waals surface area contributed by atoms with Crippen molar-refractivity contribution in [3.63, 3.8) is 0 Å². The van der Waals surface area contributed by atoms with Gasteiger partial charge in [0.1, 0.15) is 18.1 Å². The van der Waals surface area contributed by atoms with Crippen molar-refractivity contribution in [2.45, 2.75) is 103 Å². The molecule has 4 amide bonds. The third-order valence-electron chi connectivity index (χ3n) is 7.73. The van der Waals surface area contributed by atoms with Gasteiger partial charge in [-0.3, -0.25) is 9.59 Å². The summed E-state index contributed by atoms with van der Waals surface area (Å²) in [6.07, 6.45) is 7.42. The van der Waals surface area contributed by atoms with Gasteiger partial charge in [-0.1, -0.05) is 71.1 Å². The van der Waals surface area contributed by atoms with Gasteiger partial charge >= 0.3 is 12.0 Å². The molecule has 0 saturated carbocycles. The fraction of sp³-hybridized carbons (Fsp3) is 0.613. The molecule has 11 heteroatoms. The van der Waals surface area contributed by atoms with Crippen LogP contribution in [0.4, 0.5) is 4.79 Å². The van der Waals surface area contributed by atoms with E-state index in [2.05, 4.69) is 36.9 Å². The first-order valence-electron chi connectivity index (χ1n) is 15.2. The van der Waals surface area contributed by atoms with Gasteiger partial charge in [-0.05, 0) is 59.2 Å². The van der Waals surface area contributed by atoms with Gasteiger partial charge in [0.15, 0.2) is 0 Å². The van der Waals surface area contributed by atoms with Gasteiger partial charge < -0.3 is 30.9 Å². The van der Waals surface area contributed by atoms with Crippen molar-refractivity contribution in [3.8, 4) is 0 Å². The maximum atomic E-state index is 13.7. The summed E-state index contributed by atoms with van der Waals surface area (Å²) >= 11 is 3.56. The number of H-pyrrole nitrogens is 1. The van der Waals surface area contributed by atoms with Crippen LogP contribution in [0.3, 0.4) is 0 Å². The molecule has 2 unspecified atom stereocenters. The molecule has 0 aliphatic carbocycles. The quantitative estimate of drug-likeness (QED) is 0.205. The van der Waals surface area contributed by atoms with Crippen molar-refractivity contribution >= 4 is 50.6 Å². The Labute approximate surface area is 256 Å². The minimum absolute atomic E-state index is 0.105. The Morgan fingerprint density at radius 2 is 1.55 bits per heavy atom.